The van der Waals surface area contributed by atoms with Crippen LogP contribution < -0.4 is 10.3 Å². The van der Waals surface area contributed by atoms with Gasteiger partial charge in [0.2, 0.25) is 5.69 Å². The molecular formula is C26H24N4O4S. The van der Waals surface area contributed by atoms with Gasteiger partial charge >= 0.3 is 0 Å². The number of hydrogen-bond donors (Lipinski definition) is 0. The number of aromatic nitrogens is 3. The summed E-state index contributed by atoms with van der Waals surface area (Å²) in [7, 11) is -1.78. The largest absolute Gasteiger partial charge is 0.493 e. The first-order chi connectivity index (χ1) is 16.8. The highest BCUT2D eigenvalue weighted by atomic mass is 32.2. The lowest BCUT2D eigenvalue weighted by Crippen LogP contribution is -2.17. The summed E-state index contributed by atoms with van der Waals surface area (Å²) in [5.41, 5.74) is 2.21. The zero-order valence-electron chi connectivity index (χ0n) is 19.4. The summed E-state index contributed by atoms with van der Waals surface area (Å²) < 4.78 is 34.6. The van der Waals surface area contributed by atoms with E-state index >= 15 is 0 Å². The van der Waals surface area contributed by atoms with Gasteiger partial charge in [-0.05, 0) is 60.5 Å². The second-order valence-corrected chi connectivity index (χ2v) is 11.0. The summed E-state index contributed by atoms with van der Waals surface area (Å²) in [5, 5.41) is 5.39. The summed E-state index contributed by atoms with van der Waals surface area (Å²) in [5.74, 6) is 1.07. The topological polar surface area (TPSA) is 87.5 Å². The molecule has 2 heterocycles. The second kappa shape index (κ2) is 8.71. The van der Waals surface area contributed by atoms with Crippen molar-refractivity contribution in [2.75, 3.05) is 12.4 Å². The van der Waals surface area contributed by atoms with E-state index in [2.05, 4.69) is 9.94 Å². The number of rotatable bonds is 7. The Labute approximate surface area is 203 Å². The molecule has 5 rings (SSSR count). The first-order valence-corrected chi connectivity index (χ1v) is 13.0. The van der Waals surface area contributed by atoms with Crippen LogP contribution in [0.5, 0.6) is 5.75 Å². The van der Waals surface area contributed by atoms with Gasteiger partial charge in [0.15, 0.2) is 9.84 Å². The van der Waals surface area contributed by atoms with E-state index in [0.29, 0.717) is 51.5 Å². The fourth-order valence-corrected chi connectivity index (χ4v) is 4.93. The van der Waals surface area contributed by atoms with Gasteiger partial charge in [-0.1, -0.05) is 6.92 Å². The minimum atomic E-state index is -3.45. The van der Waals surface area contributed by atoms with Crippen LogP contribution in [0, 0.1) is 12.5 Å². The lowest BCUT2D eigenvalue weighted by atomic mass is 9.99. The molecule has 0 unspecified atom stereocenters. The third kappa shape index (κ3) is 4.33. The third-order valence-electron chi connectivity index (χ3n) is 6.28. The number of hydrogen-bond acceptors (Lipinski definition) is 5. The molecule has 9 heteroatoms. The highest BCUT2D eigenvalue weighted by Crippen LogP contribution is 2.38. The van der Waals surface area contributed by atoms with Crippen LogP contribution in [0.1, 0.15) is 19.8 Å². The van der Waals surface area contributed by atoms with Gasteiger partial charge in [-0.15, -0.1) is 0 Å². The molecule has 0 amide bonds. The smallest absolute Gasteiger partial charge is 0.258 e. The molecule has 8 nitrogen and oxygen atoms in total. The zero-order chi connectivity index (χ0) is 24.7. The highest BCUT2D eigenvalue weighted by Gasteiger charge is 2.24. The number of benzene rings is 2. The second-order valence-electron chi connectivity index (χ2n) is 8.76. The number of nitrogens with zero attached hydrogens (tertiary/aromatic N) is 4. The van der Waals surface area contributed by atoms with Crippen molar-refractivity contribution in [2.45, 2.75) is 24.7 Å². The van der Waals surface area contributed by atoms with Gasteiger partial charge in [0, 0.05) is 36.0 Å². The lowest BCUT2D eigenvalue weighted by molar-refractivity contribution is 0.301. The van der Waals surface area contributed by atoms with E-state index in [4.69, 9.17) is 11.3 Å². The molecule has 0 bridgehead atoms. The van der Waals surface area contributed by atoms with Gasteiger partial charge in [-0.2, -0.15) is 5.10 Å². The Morgan fingerprint density at radius 1 is 1.11 bits per heavy atom. The predicted octanol–water partition coefficient (Wildman–Crippen LogP) is 4.52. The maximum atomic E-state index is 13.0. The van der Waals surface area contributed by atoms with Gasteiger partial charge in [0.25, 0.3) is 5.56 Å². The summed E-state index contributed by atoms with van der Waals surface area (Å²) in [6, 6.07) is 10.3. The standard InChI is InChI=1S/C26H24N4O4S/c1-4-35(32,33)20-8-10-25(34-16-17-5-6-17)23(12-20)24-15-29(3)26(31)21-9-7-19(11-22(21)24)30-14-18(27-2)13-28-30/h7-15,17H,4-6,16H2,1,3H3. The van der Waals surface area contributed by atoms with Crippen LogP contribution in [0.3, 0.4) is 0 Å². The fraction of sp³-hybridized carbons (Fsp3) is 0.269. The van der Waals surface area contributed by atoms with Crippen LogP contribution in [-0.4, -0.2) is 35.1 Å². The van der Waals surface area contributed by atoms with Crippen molar-refractivity contribution in [2.24, 2.45) is 13.0 Å². The molecule has 0 aliphatic heterocycles. The maximum Gasteiger partial charge on any atom is 0.258 e. The highest BCUT2D eigenvalue weighted by molar-refractivity contribution is 7.91. The van der Waals surface area contributed by atoms with Gasteiger partial charge in [0.1, 0.15) is 5.75 Å². The van der Waals surface area contributed by atoms with Crippen molar-refractivity contribution in [3.05, 3.63) is 76.8 Å². The molecule has 0 atom stereocenters. The van der Waals surface area contributed by atoms with Crippen molar-refractivity contribution < 1.29 is 13.2 Å². The molecule has 4 aromatic rings. The number of fused-ring (bicyclic) bond motifs is 1. The Bertz CT molecular complexity index is 1660. The molecule has 0 saturated heterocycles. The molecule has 1 aliphatic carbocycles. The van der Waals surface area contributed by atoms with E-state index in [1.165, 1.54) is 10.8 Å². The van der Waals surface area contributed by atoms with Crippen molar-refractivity contribution in [1.82, 2.24) is 14.3 Å². The van der Waals surface area contributed by atoms with E-state index in [9.17, 15) is 13.2 Å². The number of pyridine rings is 1. The molecular weight excluding hydrogens is 464 g/mol. The van der Waals surface area contributed by atoms with Crippen molar-refractivity contribution in [3.8, 4) is 22.6 Å². The molecule has 1 fully saturated rings. The monoisotopic (exact) mass is 488 g/mol. The van der Waals surface area contributed by atoms with Crippen molar-refractivity contribution >= 4 is 26.3 Å². The Balaban J connectivity index is 1.76. The Hall–Kier alpha value is -3.90. The summed E-state index contributed by atoms with van der Waals surface area (Å²) in [6.45, 7) is 9.37. The Morgan fingerprint density at radius 2 is 1.91 bits per heavy atom. The number of sulfone groups is 1. The average Bonchev–Trinajstić information content (AvgIpc) is 3.58. The number of aryl methyl sites for hydroxylation is 1. The molecule has 0 radical (unpaired) electrons. The van der Waals surface area contributed by atoms with Crippen LogP contribution >= 0.6 is 0 Å². The Kier molecular flexibility index (Phi) is 5.69. The lowest BCUT2D eigenvalue weighted by Gasteiger charge is -2.17. The van der Waals surface area contributed by atoms with Crippen molar-refractivity contribution in [1.29, 1.82) is 0 Å². The van der Waals surface area contributed by atoms with E-state index in [0.717, 1.165) is 12.8 Å². The van der Waals surface area contributed by atoms with Crippen molar-refractivity contribution in [3.63, 3.8) is 0 Å². The van der Waals surface area contributed by atoms with E-state index < -0.39 is 9.84 Å². The predicted molar refractivity (Wildman–Crippen MR) is 134 cm³/mol. The summed E-state index contributed by atoms with van der Waals surface area (Å²) >= 11 is 0. The first-order valence-electron chi connectivity index (χ1n) is 11.4. The zero-order valence-corrected chi connectivity index (χ0v) is 20.2. The van der Waals surface area contributed by atoms with Crippen LogP contribution in [0.2, 0.25) is 0 Å². The van der Waals surface area contributed by atoms with Gasteiger partial charge in [0.05, 0.1) is 35.7 Å². The van der Waals surface area contributed by atoms with E-state index in [1.807, 2.05) is 6.07 Å². The third-order valence-corrected chi connectivity index (χ3v) is 8.01. The molecule has 178 valence electrons. The molecule has 0 N–H and O–H groups in total. The Morgan fingerprint density at radius 3 is 2.60 bits per heavy atom. The molecule has 0 spiro atoms. The SMILES string of the molecule is [C-]#[N+]c1cnn(-c2ccc3c(=O)n(C)cc(-c4cc(S(=O)(=O)CC)ccc4OCC4CC4)c3c2)c1. The van der Waals surface area contributed by atoms with Gasteiger partial charge in [-0.3, -0.25) is 9.48 Å². The molecule has 1 saturated carbocycles. The minimum absolute atomic E-state index is 0.0183. The molecule has 2 aromatic carbocycles. The fourth-order valence-electron chi connectivity index (χ4n) is 4.02. The maximum absolute atomic E-state index is 13.0. The summed E-state index contributed by atoms with van der Waals surface area (Å²) in [4.78, 5) is 16.6. The summed E-state index contributed by atoms with van der Waals surface area (Å²) in [6.07, 6.45) is 7.06. The van der Waals surface area contributed by atoms with Crippen LogP contribution in [0.25, 0.3) is 32.4 Å². The molecule has 2 aromatic heterocycles. The first kappa shape index (κ1) is 22.9. The number of ether oxygens (including phenoxy) is 1. The van der Waals surface area contributed by atoms with Crippen LogP contribution in [-0.2, 0) is 16.9 Å². The van der Waals surface area contributed by atoms with Crippen LogP contribution in [0.4, 0.5) is 5.69 Å². The van der Waals surface area contributed by atoms with Crippen LogP contribution in [0.15, 0.2) is 64.7 Å². The molecule has 35 heavy (non-hydrogen) atoms. The van der Waals surface area contributed by atoms with Gasteiger partial charge < -0.3 is 9.30 Å². The van der Waals surface area contributed by atoms with E-state index in [1.54, 1.807) is 61.4 Å². The normalized spacial score (nSPS) is 13.6. The van der Waals surface area contributed by atoms with E-state index in [-0.39, 0.29) is 16.2 Å². The van der Waals surface area contributed by atoms with Gasteiger partial charge in [-0.25, -0.2) is 13.3 Å². The molecule has 1 aliphatic rings. The minimum Gasteiger partial charge on any atom is -0.493 e. The average molecular weight is 489 g/mol. The quantitative estimate of drug-likeness (QED) is 0.357.